The van der Waals surface area contributed by atoms with Crippen LogP contribution in [0.1, 0.15) is 446 Å². The lowest BCUT2D eigenvalue weighted by molar-refractivity contribution is -0.161. The van der Waals surface area contributed by atoms with Crippen molar-refractivity contribution in [3.05, 3.63) is 0 Å². The van der Waals surface area contributed by atoms with Gasteiger partial charge in [-0.05, 0) is 37.5 Å². The zero-order chi connectivity index (χ0) is 75.6. The molecule has 3 N–H and O–H groups in total. The van der Waals surface area contributed by atoms with E-state index in [2.05, 4.69) is 41.5 Å². The second-order valence-corrected chi connectivity index (χ2v) is 33.8. The maximum Gasteiger partial charge on any atom is 0.472 e. The highest BCUT2D eigenvalue weighted by Crippen LogP contribution is 2.45. The number of carbonyl (C=O) groups is 4. The van der Waals surface area contributed by atoms with Gasteiger partial charge in [-0.1, -0.05) is 395 Å². The van der Waals surface area contributed by atoms with Crippen LogP contribution in [0, 0.1) is 11.8 Å². The minimum atomic E-state index is -4.96. The van der Waals surface area contributed by atoms with Gasteiger partial charge in [0.25, 0.3) is 0 Å². The summed E-state index contributed by atoms with van der Waals surface area (Å²) in [7, 11) is -9.92. The fraction of sp³-hybridized carbons (Fsp3) is 0.952. The second kappa shape index (κ2) is 75.5. The van der Waals surface area contributed by atoms with E-state index in [1.165, 1.54) is 257 Å². The van der Waals surface area contributed by atoms with E-state index in [1.807, 2.05) is 0 Å². The summed E-state index contributed by atoms with van der Waals surface area (Å²) in [6, 6.07) is 0. The maximum atomic E-state index is 13.1. The van der Waals surface area contributed by atoms with Crippen LogP contribution in [0.3, 0.4) is 0 Å². The van der Waals surface area contributed by atoms with Gasteiger partial charge in [0.2, 0.25) is 0 Å². The molecule has 0 aromatic rings. The molecule has 103 heavy (non-hydrogen) atoms. The normalized spacial score (nSPS) is 14.1. The summed E-state index contributed by atoms with van der Waals surface area (Å²) in [6.45, 7) is 9.66. The minimum Gasteiger partial charge on any atom is -0.462 e. The molecule has 0 fully saturated rings. The Morgan fingerprint density at radius 3 is 0.738 bits per heavy atom. The van der Waals surface area contributed by atoms with E-state index in [0.717, 1.165) is 102 Å². The molecule has 0 bridgehead atoms. The SMILES string of the molecule is CCCCCCCCCCCCCCCCCCCCC(=O)OC[C@H](COP(=O)(O)OC[C@@H](O)COP(=O)(O)OC[C@@H](COC(=O)CCCCCCCCCC(C)C)OC(=O)CCCCCCCCCCCCCCCCCCC)OC(=O)CCCCCCCCCCCCCCCCC(C)CC. The molecular weight excluding hydrogens is 1340 g/mol. The molecule has 17 nitrogen and oxygen atoms in total. The van der Waals surface area contributed by atoms with Gasteiger partial charge in [0.1, 0.15) is 19.3 Å². The van der Waals surface area contributed by atoms with Crippen molar-refractivity contribution in [3.8, 4) is 0 Å². The third kappa shape index (κ3) is 76.6. The van der Waals surface area contributed by atoms with Gasteiger partial charge in [-0.25, -0.2) is 9.13 Å². The number of esters is 4. The number of rotatable bonds is 83. The third-order valence-corrected chi connectivity index (χ3v) is 22.0. The van der Waals surface area contributed by atoms with Crippen molar-refractivity contribution in [3.63, 3.8) is 0 Å². The lowest BCUT2D eigenvalue weighted by atomic mass is 9.99. The summed E-state index contributed by atoms with van der Waals surface area (Å²) in [5.41, 5.74) is 0. The molecule has 19 heteroatoms. The fourth-order valence-corrected chi connectivity index (χ4v) is 14.6. The molecule has 0 radical (unpaired) electrons. The summed E-state index contributed by atoms with van der Waals surface area (Å²) < 4.78 is 68.8. The lowest BCUT2D eigenvalue weighted by Crippen LogP contribution is -2.30. The van der Waals surface area contributed by atoms with Crippen LogP contribution in [0.5, 0.6) is 0 Å². The van der Waals surface area contributed by atoms with Crippen molar-refractivity contribution < 1.29 is 80.2 Å². The van der Waals surface area contributed by atoms with Crippen molar-refractivity contribution in [2.45, 2.75) is 464 Å². The summed E-state index contributed by atoms with van der Waals surface area (Å²) in [5.74, 6) is -0.554. The summed E-state index contributed by atoms with van der Waals surface area (Å²) >= 11 is 0. The van der Waals surface area contributed by atoms with E-state index in [-0.39, 0.29) is 25.7 Å². The quantitative estimate of drug-likeness (QED) is 0.0222. The van der Waals surface area contributed by atoms with Crippen molar-refractivity contribution in [2.75, 3.05) is 39.6 Å². The van der Waals surface area contributed by atoms with E-state index in [9.17, 15) is 43.2 Å². The standard InChI is InChI=1S/C84H164O17P2/c1-7-10-12-14-16-18-20-22-24-26-28-29-34-38-42-48-54-60-66-81(86)94-72-79(100-83(88)69-63-57-50-44-40-36-32-31-33-37-41-47-53-59-65-77(6)9-3)74-98-102(90,91)96-70-78(85)71-97-103(92,93)99-75-80(73-95-82(87)67-61-55-51-45-46-52-58-64-76(4)5)101-84(89)68-62-56-49-43-39-35-30-27-25-23-21-19-17-15-13-11-8-2/h76-80,85H,7-75H2,1-6H3,(H,90,91)(H,92,93)/t77?,78-,79-,80-/m1/s1. The first-order valence-electron chi connectivity index (χ1n) is 43.5. The number of carbonyl (C=O) groups excluding carboxylic acids is 4. The van der Waals surface area contributed by atoms with Crippen molar-refractivity contribution in [2.24, 2.45) is 11.8 Å². The maximum absolute atomic E-state index is 13.1. The van der Waals surface area contributed by atoms with E-state index < -0.39 is 97.5 Å². The Bertz CT molecular complexity index is 1980. The molecule has 0 saturated heterocycles. The van der Waals surface area contributed by atoms with E-state index in [0.29, 0.717) is 31.6 Å². The van der Waals surface area contributed by atoms with Crippen LogP contribution in [0.2, 0.25) is 0 Å². The highest BCUT2D eigenvalue weighted by Gasteiger charge is 2.30. The number of phosphoric acid groups is 2. The Morgan fingerprint density at radius 2 is 0.495 bits per heavy atom. The molecule has 0 aromatic heterocycles. The van der Waals surface area contributed by atoms with Gasteiger partial charge in [-0.15, -0.1) is 0 Å². The molecule has 3 unspecified atom stereocenters. The number of hydrogen-bond donors (Lipinski definition) is 3. The molecule has 0 spiro atoms. The van der Waals surface area contributed by atoms with Gasteiger partial charge >= 0.3 is 39.5 Å². The van der Waals surface area contributed by atoms with Crippen LogP contribution in [0.15, 0.2) is 0 Å². The molecule has 612 valence electrons. The van der Waals surface area contributed by atoms with E-state index in [4.69, 9.17) is 37.0 Å². The molecule has 0 aliphatic heterocycles. The van der Waals surface area contributed by atoms with Crippen LogP contribution < -0.4 is 0 Å². The van der Waals surface area contributed by atoms with Gasteiger partial charge in [0.15, 0.2) is 12.2 Å². The summed E-state index contributed by atoms with van der Waals surface area (Å²) in [5, 5.41) is 10.7. The van der Waals surface area contributed by atoms with Crippen LogP contribution in [0.4, 0.5) is 0 Å². The lowest BCUT2D eigenvalue weighted by Gasteiger charge is -2.21. The number of phosphoric ester groups is 2. The smallest absolute Gasteiger partial charge is 0.462 e. The number of unbranched alkanes of at least 4 members (excludes halogenated alkanes) is 52. The molecular formula is C84H164O17P2. The van der Waals surface area contributed by atoms with Crippen LogP contribution >= 0.6 is 15.6 Å². The molecule has 0 heterocycles. The van der Waals surface area contributed by atoms with Crippen LogP contribution in [-0.2, 0) is 65.4 Å². The number of aliphatic hydroxyl groups excluding tert-OH is 1. The van der Waals surface area contributed by atoms with Gasteiger partial charge in [-0.3, -0.25) is 37.3 Å². The first-order chi connectivity index (χ1) is 49.9. The van der Waals surface area contributed by atoms with E-state index in [1.54, 1.807) is 0 Å². The number of ether oxygens (including phenoxy) is 4. The van der Waals surface area contributed by atoms with Crippen molar-refractivity contribution >= 4 is 39.5 Å². The van der Waals surface area contributed by atoms with Crippen molar-refractivity contribution in [1.82, 2.24) is 0 Å². The third-order valence-electron chi connectivity index (χ3n) is 20.1. The average molecular weight is 1510 g/mol. The van der Waals surface area contributed by atoms with Gasteiger partial charge < -0.3 is 33.8 Å². The number of hydrogen-bond acceptors (Lipinski definition) is 15. The Hall–Kier alpha value is -1.94. The van der Waals surface area contributed by atoms with E-state index >= 15 is 0 Å². The fourth-order valence-electron chi connectivity index (χ4n) is 13.0. The molecule has 0 amide bonds. The predicted octanol–water partition coefficient (Wildman–Crippen LogP) is 25.5. The van der Waals surface area contributed by atoms with Crippen LogP contribution in [0.25, 0.3) is 0 Å². The van der Waals surface area contributed by atoms with Gasteiger partial charge in [0, 0.05) is 25.7 Å². The zero-order valence-electron chi connectivity index (χ0n) is 67.6. The number of aliphatic hydroxyl groups is 1. The topological polar surface area (TPSA) is 237 Å². The predicted molar refractivity (Wildman–Crippen MR) is 423 cm³/mol. The molecule has 0 aromatic carbocycles. The Morgan fingerprint density at radius 1 is 0.282 bits per heavy atom. The molecule has 0 rings (SSSR count). The highest BCUT2D eigenvalue weighted by atomic mass is 31.2. The average Bonchev–Trinajstić information content (AvgIpc) is 0.931. The molecule has 6 atom stereocenters. The summed E-state index contributed by atoms with van der Waals surface area (Å²) in [6.07, 6.45) is 66.6. The van der Waals surface area contributed by atoms with Crippen molar-refractivity contribution in [1.29, 1.82) is 0 Å². The highest BCUT2D eigenvalue weighted by molar-refractivity contribution is 7.47. The van der Waals surface area contributed by atoms with Crippen LogP contribution in [-0.4, -0.2) is 96.7 Å². The summed E-state index contributed by atoms with van der Waals surface area (Å²) in [4.78, 5) is 73.1. The van der Waals surface area contributed by atoms with Gasteiger partial charge in [-0.2, -0.15) is 0 Å². The van der Waals surface area contributed by atoms with Gasteiger partial charge in [0.05, 0.1) is 26.4 Å². The molecule has 0 aliphatic carbocycles. The Balaban J connectivity index is 5.24. The monoisotopic (exact) mass is 1510 g/mol. The first kappa shape index (κ1) is 101. The Labute approximate surface area is 632 Å². The molecule has 0 aliphatic rings. The zero-order valence-corrected chi connectivity index (χ0v) is 69.4. The minimum absolute atomic E-state index is 0.108. The largest absolute Gasteiger partial charge is 0.472 e. The second-order valence-electron chi connectivity index (χ2n) is 30.9. The Kier molecular flexibility index (Phi) is 74.1. The molecule has 0 saturated carbocycles. The first-order valence-corrected chi connectivity index (χ1v) is 46.5.